The Morgan fingerprint density at radius 2 is 2.28 bits per heavy atom. The van der Waals surface area contributed by atoms with Crippen molar-refractivity contribution in [1.29, 1.82) is 0 Å². The molecule has 18 heavy (non-hydrogen) atoms. The van der Waals surface area contributed by atoms with Gasteiger partial charge in [0, 0.05) is 16.6 Å². The molecule has 0 bridgehead atoms. The minimum Gasteiger partial charge on any atom is -0.399 e. The number of hydrogen-bond acceptors (Lipinski definition) is 3. The van der Waals surface area contributed by atoms with E-state index in [0.717, 1.165) is 27.4 Å². The molecule has 0 saturated carbocycles. The van der Waals surface area contributed by atoms with E-state index in [1.165, 1.54) is 32.2 Å². The Morgan fingerprint density at radius 3 is 3.06 bits per heavy atom. The summed E-state index contributed by atoms with van der Waals surface area (Å²) in [5.41, 5.74) is 6.57. The summed E-state index contributed by atoms with van der Waals surface area (Å²) in [4.78, 5) is 3.60. The SMILES string of the molecule is CN1CCCCC1CCSc1cc(N)ccc1Cl. The summed E-state index contributed by atoms with van der Waals surface area (Å²) in [5.74, 6) is 1.11. The zero-order valence-electron chi connectivity index (χ0n) is 10.9. The minimum absolute atomic E-state index is 0.742. The maximum absolute atomic E-state index is 6.16. The Hall–Kier alpha value is -0.380. The molecule has 2 rings (SSSR count). The van der Waals surface area contributed by atoms with Crippen LogP contribution in [0.5, 0.6) is 0 Å². The number of rotatable bonds is 4. The number of piperidine rings is 1. The van der Waals surface area contributed by atoms with Gasteiger partial charge in [0.15, 0.2) is 0 Å². The molecule has 1 heterocycles. The van der Waals surface area contributed by atoms with Crippen LogP contribution in [-0.2, 0) is 0 Å². The average Bonchev–Trinajstić information content (AvgIpc) is 2.36. The first-order chi connectivity index (χ1) is 8.66. The van der Waals surface area contributed by atoms with Gasteiger partial charge in [0.05, 0.1) is 5.02 Å². The molecule has 2 N–H and O–H groups in total. The predicted molar refractivity (Wildman–Crippen MR) is 81.5 cm³/mol. The first kappa shape index (κ1) is 14.0. The molecule has 1 unspecified atom stereocenters. The van der Waals surface area contributed by atoms with Crippen LogP contribution in [0.4, 0.5) is 5.69 Å². The van der Waals surface area contributed by atoms with Crippen LogP contribution >= 0.6 is 23.4 Å². The maximum atomic E-state index is 6.16. The molecule has 1 fully saturated rings. The number of thioether (sulfide) groups is 1. The van der Waals surface area contributed by atoms with Crippen LogP contribution in [-0.4, -0.2) is 30.3 Å². The van der Waals surface area contributed by atoms with E-state index in [2.05, 4.69) is 11.9 Å². The van der Waals surface area contributed by atoms with Gasteiger partial charge in [0.25, 0.3) is 0 Å². The van der Waals surface area contributed by atoms with Gasteiger partial charge in [-0.05, 0) is 56.8 Å². The summed E-state index contributed by atoms with van der Waals surface area (Å²) < 4.78 is 0. The molecule has 1 saturated heterocycles. The summed E-state index contributed by atoms with van der Waals surface area (Å²) >= 11 is 7.98. The Labute approximate surface area is 119 Å². The van der Waals surface area contributed by atoms with Gasteiger partial charge in [-0.15, -0.1) is 11.8 Å². The van der Waals surface area contributed by atoms with Gasteiger partial charge in [-0.25, -0.2) is 0 Å². The molecular formula is C14H21ClN2S. The summed E-state index contributed by atoms with van der Waals surface area (Å²) in [6.45, 7) is 1.24. The van der Waals surface area contributed by atoms with Crippen molar-refractivity contribution in [3.8, 4) is 0 Å². The van der Waals surface area contributed by atoms with Gasteiger partial charge in [-0.3, -0.25) is 0 Å². The smallest absolute Gasteiger partial charge is 0.0543 e. The Balaban J connectivity index is 1.82. The summed E-state index contributed by atoms with van der Waals surface area (Å²) in [6.07, 6.45) is 5.29. The van der Waals surface area contributed by atoms with Crippen molar-refractivity contribution in [3.05, 3.63) is 23.2 Å². The Morgan fingerprint density at radius 1 is 1.44 bits per heavy atom. The third-order valence-electron chi connectivity index (χ3n) is 3.59. The number of anilines is 1. The molecule has 1 atom stereocenters. The van der Waals surface area contributed by atoms with Gasteiger partial charge in [-0.2, -0.15) is 0 Å². The zero-order chi connectivity index (χ0) is 13.0. The van der Waals surface area contributed by atoms with Gasteiger partial charge < -0.3 is 10.6 Å². The van der Waals surface area contributed by atoms with E-state index in [0.29, 0.717) is 0 Å². The number of nitrogens with zero attached hydrogens (tertiary/aromatic N) is 1. The third kappa shape index (κ3) is 3.81. The van der Waals surface area contributed by atoms with Gasteiger partial charge in [0.1, 0.15) is 0 Å². The largest absolute Gasteiger partial charge is 0.399 e. The van der Waals surface area contributed by atoms with E-state index < -0.39 is 0 Å². The number of likely N-dealkylation sites (tertiary alicyclic amines) is 1. The number of nitrogens with two attached hydrogens (primary N) is 1. The van der Waals surface area contributed by atoms with E-state index in [1.54, 1.807) is 0 Å². The number of benzene rings is 1. The highest BCUT2D eigenvalue weighted by Crippen LogP contribution is 2.30. The molecule has 0 aliphatic carbocycles. The van der Waals surface area contributed by atoms with Crippen LogP contribution in [0, 0.1) is 0 Å². The molecule has 0 radical (unpaired) electrons. The summed E-state index contributed by atoms with van der Waals surface area (Å²) in [6, 6.07) is 6.44. The zero-order valence-corrected chi connectivity index (χ0v) is 12.4. The van der Waals surface area contributed by atoms with Crippen molar-refractivity contribution in [2.24, 2.45) is 0 Å². The summed E-state index contributed by atoms with van der Waals surface area (Å²) in [5, 5.41) is 0.811. The highest BCUT2D eigenvalue weighted by molar-refractivity contribution is 7.99. The van der Waals surface area contributed by atoms with Crippen LogP contribution in [0.15, 0.2) is 23.1 Å². The molecule has 0 amide bonds. The van der Waals surface area contributed by atoms with Gasteiger partial charge in [0.2, 0.25) is 0 Å². The topological polar surface area (TPSA) is 29.3 Å². The van der Waals surface area contributed by atoms with Crippen LogP contribution in [0.1, 0.15) is 25.7 Å². The normalized spacial score (nSPS) is 21.1. The lowest BCUT2D eigenvalue weighted by Crippen LogP contribution is -2.36. The van der Waals surface area contributed by atoms with Crippen molar-refractivity contribution in [2.45, 2.75) is 36.6 Å². The third-order valence-corrected chi connectivity index (χ3v) is 5.12. The molecule has 1 aliphatic heterocycles. The standard InChI is InChI=1S/C14H21ClN2S/c1-17-8-3-2-4-12(17)7-9-18-14-10-11(16)5-6-13(14)15/h5-6,10,12H,2-4,7-9,16H2,1H3. The van der Waals surface area contributed by atoms with Crippen LogP contribution in [0.3, 0.4) is 0 Å². The number of halogens is 1. The molecule has 100 valence electrons. The minimum atomic E-state index is 0.742. The molecule has 0 aromatic heterocycles. The van der Waals surface area contributed by atoms with Crippen molar-refractivity contribution in [2.75, 3.05) is 25.1 Å². The van der Waals surface area contributed by atoms with Crippen LogP contribution in [0.25, 0.3) is 0 Å². The number of hydrogen-bond donors (Lipinski definition) is 1. The van der Waals surface area contributed by atoms with Gasteiger partial charge >= 0.3 is 0 Å². The molecular weight excluding hydrogens is 264 g/mol. The fourth-order valence-electron chi connectivity index (χ4n) is 2.44. The Bertz CT molecular complexity index is 397. The lowest BCUT2D eigenvalue weighted by molar-refractivity contribution is 0.182. The first-order valence-corrected chi connectivity index (χ1v) is 7.91. The molecule has 1 aromatic carbocycles. The second-order valence-corrected chi connectivity index (χ2v) is 6.50. The molecule has 4 heteroatoms. The highest BCUT2D eigenvalue weighted by Gasteiger charge is 2.18. The molecule has 2 nitrogen and oxygen atoms in total. The average molecular weight is 285 g/mol. The second kappa shape index (κ2) is 6.69. The summed E-state index contributed by atoms with van der Waals surface area (Å²) in [7, 11) is 2.24. The molecule has 1 aromatic rings. The molecule has 1 aliphatic rings. The fourth-order valence-corrected chi connectivity index (χ4v) is 3.76. The van der Waals surface area contributed by atoms with E-state index in [-0.39, 0.29) is 0 Å². The van der Waals surface area contributed by atoms with Crippen molar-refractivity contribution in [3.63, 3.8) is 0 Å². The van der Waals surface area contributed by atoms with Crippen LogP contribution in [0.2, 0.25) is 5.02 Å². The van der Waals surface area contributed by atoms with Crippen LogP contribution < -0.4 is 5.73 Å². The first-order valence-electron chi connectivity index (χ1n) is 6.55. The van der Waals surface area contributed by atoms with Gasteiger partial charge in [-0.1, -0.05) is 18.0 Å². The van der Waals surface area contributed by atoms with E-state index in [9.17, 15) is 0 Å². The predicted octanol–water partition coefficient (Wildman–Crippen LogP) is 3.89. The molecule has 0 spiro atoms. The lowest BCUT2D eigenvalue weighted by atomic mass is 10.0. The number of nitrogen functional groups attached to an aromatic ring is 1. The second-order valence-electron chi connectivity index (χ2n) is 4.96. The van der Waals surface area contributed by atoms with E-state index in [1.807, 2.05) is 30.0 Å². The monoisotopic (exact) mass is 284 g/mol. The van der Waals surface area contributed by atoms with E-state index >= 15 is 0 Å². The Kier molecular flexibility index (Phi) is 5.22. The quantitative estimate of drug-likeness (QED) is 0.672. The lowest BCUT2D eigenvalue weighted by Gasteiger charge is -2.32. The van der Waals surface area contributed by atoms with Crippen molar-refractivity contribution < 1.29 is 0 Å². The maximum Gasteiger partial charge on any atom is 0.0543 e. The van der Waals surface area contributed by atoms with E-state index in [4.69, 9.17) is 17.3 Å². The van der Waals surface area contributed by atoms with Crippen molar-refractivity contribution in [1.82, 2.24) is 4.90 Å². The fraction of sp³-hybridized carbons (Fsp3) is 0.571. The van der Waals surface area contributed by atoms with Crippen molar-refractivity contribution >= 4 is 29.1 Å². The highest BCUT2D eigenvalue weighted by atomic mass is 35.5.